The van der Waals surface area contributed by atoms with Crippen molar-refractivity contribution in [3.05, 3.63) is 59.2 Å². The number of carbonyl (C=O) groups excluding carboxylic acids is 2. The number of hydrogen-bond acceptors (Lipinski definition) is 5. The molecule has 3 rings (SSSR count). The monoisotopic (exact) mass is 340 g/mol. The van der Waals surface area contributed by atoms with E-state index in [1.165, 1.54) is 0 Å². The molecule has 25 heavy (non-hydrogen) atoms. The standard InChI is InChI=1S/C20H20O5/c1-13(2)14-3-5-15(6-4-14)20(22)25-12-17(21)16-7-8-18-19(11-16)24-10-9-23-18/h3-8,11,13H,9-10,12H2,1-2H3. The fourth-order valence-electron chi connectivity index (χ4n) is 2.52. The average Bonchev–Trinajstić information content (AvgIpc) is 2.65. The molecule has 1 heterocycles. The van der Waals surface area contributed by atoms with Crippen LogP contribution in [-0.4, -0.2) is 31.6 Å². The lowest BCUT2D eigenvalue weighted by Gasteiger charge is -2.18. The Hall–Kier alpha value is -2.82. The molecule has 0 atom stereocenters. The zero-order chi connectivity index (χ0) is 17.8. The zero-order valence-corrected chi connectivity index (χ0v) is 14.3. The summed E-state index contributed by atoms with van der Waals surface area (Å²) >= 11 is 0. The number of carbonyl (C=O) groups is 2. The lowest BCUT2D eigenvalue weighted by molar-refractivity contribution is 0.0474. The van der Waals surface area contributed by atoms with Crippen LogP contribution < -0.4 is 9.47 Å². The first-order valence-electron chi connectivity index (χ1n) is 8.24. The van der Waals surface area contributed by atoms with Gasteiger partial charge in [-0.05, 0) is 41.8 Å². The molecule has 2 aromatic carbocycles. The first kappa shape index (κ1) is 17.0. The van der Waals surface area contributed by atoms with E-state index in [0.717, 1.165) is 5.56 Å². The normalized spacial score (nSPS) is 12.8. The Labute approximate surface area is 146 Å². The maximum Gasteiger partial charge on any atom is 0.338 e. The minimum Gasteiger partial charge on any atom is -0.486 e. The molecule has 1 aliphatic heterocycles. The number of fused-ring (bicyclic) bond motifs is 1. The highest BCUT2D eigenvalue weighted by molar-refractivity contribution is 5.99. The summed E-state index contributed by atoms with van der Waals surface area (Å²) in [5, 5.41) is 0. The van der Waals surface area contributed by atoms with E-state index >= 15 is 0 Å². The SMILES string of the molecule is CC(C)c1ccc(C(=O)OCC(=O)c2ccc3c(c2)OCCO3)cc1. The molecule has 0 fully saturated rings. The summed E-state index contributed by atoms with van der Waals surface area (Å²) in [4.78, 5) is 24.3. The molecule has 5 nitrogen and oxygen atoms in total. The second-order valence-corrected chi connectivity index (χ2v) is 6.13. The Balaban J connectivity index is 1.61. The highest BCUT2D eigenvalue weighted by Gasteiger charge is 2.16. The summed E-state index contributed by atoms with van der Waals surface area (Å²) in [6, 6.07) is 12.2. The predicted octanol–water partition coefficient (Wildman–Crippen LogP) is 3.62. The van der Waals surface area contributed by atoms with Gasteiger partial charge in [-0.1, -0.05) is 26.0 Å². The van der Waals surface area contributed by atoms with Crippen molar-refractivity contribution in [2.75, 3.05) is 19.8 Å². The maximum atomic E-state index is 12.2. The van der Waals surface area contributed by atoms with Gasteiger partial charge in [0.05, 0.1) is 5.56 Å². The quantitative estimate of drug-likeness (QED) is 0.614. The highest BCUT2D eigenvalue weighted by atomic mass is 16.6. The molecule has 0 aromatic heterocycles. The lowest BCUT2D eigenvalue weighted by Crippen LogP contribution is -2.17. The maximum absolute atomic E-state index is 12.2. The van der Waals surface area contributed by atoms with Crippen LogP contribution in [-0.2, 0) is 4.74 Å². The second kappa shape index (κ2) is 7.38. The number of ketones is 1. The van der Waals surface area contributed by atoms with Crippen LogP contribution >= 0.6 is 0 Å². The van der Waals surface area contributed by atoms with Crippen LogP contribution in [0.2, 0.25) is 0 Å². The molecule has 0 radical (unpaired) electrons. The summed E-state index contributed by atoms with van der Waals surface area (Å²) < 4.78 is 16.0. The molecule has 0 amide bonds. The number of rotatable bonds is 5. The molecule has 0 unspecified atom stereocenters. The van der Waals surface area contributed by atoms with E-state index in [0.29, 0.717) is 41.8 Å². The van der Waals surface area contributed by atoms with Crippen molar-refractivity contribution < 1.29 is 23.8 Å². The second-order valence-electron chi connectivity index (χ2n) is 6.13. The summed E-state index contributed by atoms with van der Waals surface area (Å²) in [6.45, 7) is 4.79. The first-order chi connectivity index (χ1) is 12.0. The van der Waals surface area contributed by atoms with Gasteiger partial charge < -0.3 is 14.2 Å². The van der Waals surface area contributed by atoms with Crippen LogP contribution in [0.4, 0.5) is 0 Å². The van der Waals surface area contributed by atoms with Gasteiger partial charge in [0, 0.05) is 5.56 Å². The van der Waals surface area contributed by atoms with Crippen LogP contribution in [0, 0.1) is 0 Å². The number of esters is 1. The van der Waals surface area contributed by atoms with Gasteiger partial charge in [0.15, 0.2) is 23.9 Å². The van der Waals surface area contributed by atoms with Crippen molar-refractivity contribution in [3.63, 3.8) is 0 Å². The molecule has 0 bridgehead atoms. The number of Topliss-reactive ketones (excluding diaryl/α,β-unsaturated/α-hetero) is 1. The Morgan fingerprint density at radius 2 is 1.60 bits per heavy atom. The number of hydrogen-bond donors (Lipinski definition) is 0. The van der Waals surface area contributed by atoms with Gasteiger partial charge in [-0.15, -0.1) is 0 Å². The third-order valence-corrected chi connectivity index (χ3v) is 4.01. The van der Waals surface area contributed by atoms with Gasteiger partial charge in [-0.3, -0.25) is 4.79 Å². The van der Waals surface area contributed by atoms with Crippen LogP contribution in [0.15, 0.2) is 42.5 Å². The van der Waals surface area contributed by atoms with E-state index in [1.54, 1.807) is 30.3 Å². The topological polar surface area (TPSA) is 61.8 Å². The molecule has 0 saturated heterocycles. The van der Waals surface area contributed by atoms with Gasteiger partial charge in [-0.25, -0.2) is 4.79 Å². The van der Waals surface area contributed by atoms with Gasteiger partial charge in [0.25, 0.3) is 0 Å². The molecule has 0 aliphatic carbocycles. The van der Waals surface area contributed by atoms with Crippen molar-refractivity contribution in [2.24, 2.45) is 0 Å². The van der Waals surface area contributed by atoms with Gasteiger partial charge in [0.2, 0.25) is 0 Å². The average molecular weight is 340 g/mol. The summed E-state index contributed by atoms with van der Waals surface area (Å²) in [6.07, 6.45) is 0. The van der Waals surface area contributed by atoms with Crippen molar-refractivity contribution in [1.82, 2.24) is 0 Å². The van der Waals surface area contributed by atoms with E-state index in [1.807, 2.05) is 12.1 Å². The van der Waals surface area contributed by atoms with Crippen LogP contribution in [0.5, 0.6) is 11.5 Å². The minimum absolute atomic E-state index is 0.288. The molecule has 1 aliphatic rings. The molecule has 0 spiro atoms. The van der Waals surface area contributed by atoms with Crippen molar-refractivity contribution in [2.45, 2.75) is 19.8 Å². The van der Waals surface area contributed by atoms with Gasteiger partial charge in [-0.2, -0.15) is 0 Å². The van der Waals surface area contributed by atoms with E-state index in [9.17, 15) is 9.59 Å². The van der Waals surface area contributed by atoms with Gasteiger partial charge in [0.1, 0.15) is 13.2 Å². The van der Waals surface area contributed by atoms with E-state index in [4.69, 9.17) is 14.2 Å². The molecule has 2 aromatic rings. The Kier molecular flexibility index (Phi) is 5.03. The summed E-state index contributed by atoms with van der Waals surface area (Å²) in [5.41, 5.74) is 2.00. The Morgan fingerprint density at radius 1 is 0.960 bits per heavy atom. The van der Waals surface area contributed by atoms with Crippen molar-refractivity contribution in [3.8, 4) is 11.5 Å². The van der Waals surface area contributed by atoms with E-state index in [2.05, 4.69) is 13.8 Å². The lowest BCUT2D eigenvalue weighted by atomic mass is 10.0. The van der Waals surface area contributed by atoms with Crippen LogP contribution in [0.25, 0.3) is 0 Å². The Bertz CT molecular complexity index is 777. The fraction of sp³-hybridized carbons (Fsp3) is 0.300. The van der Waals surface area contributed by atoms with Crippen LogP contribution in [0.1, 0.15) is 46.0 Å². The molecule has 130 valence electrons. The molecular weight excluding hydrogens is 320 g/mol. The third kappa shape index (κ3) is 3.99. The minimum atomic E-state index is -0.513. The number of ether oxygens (including phenoxy) is 3. The highest BCUT2D eigenvalue weighted by Crippen LogP contribution is 2.30. The van der Waals surface area contributed by atoms with Gasteiger partial charge >= 0.3 is 5.97 Å². The predicted molar refractivity (Wildman–Crippen MR) is 92.6 cm³/mol. The summed E-state index contributed by atoms with van der Waals surface area (Å²) in [7, 11) is 0. The molecule has 0 N–H and O–H groups in total. The number of benzene rings is 2. The van der Waals surface area contributed by atoms with Crippen LogP contribution in [0.3, 0.4) is 0 Å². The zero-order valence-electron chi connectivity index (χ0n) is 14.3. The molecular formula is C20H20O5. The third-order valence-electron chi connectivity index (χ3n) is 4.01. The van der Waals surface area contributed by atoms with Crippen molar-refractivity contribution >= 4 is 11.8 Å². The smallest absolute Gasteiger partial charge is 0.338 e. The Morgan fingerprint density at radius 3 is 2.28 bits per heavy atom. The molecule has 0 saturated carbocycles. The summed E-state index contributed by atoms with van der Waals surface area (Å²) in [5.74, 6) is 0.741. The van der Waals surface area contributed by atoms with Crippen molar-refractivity contribution in [1.29, 1.82) is 0 Å². The van der Waals surface area contributed by atoms with E-state index < -0.39 is 5.97 Å². The first-order valence-corrected chi connectivity index (χ1v) is 8.24. The molecule has 5 heteroatoms. The van der Waals surface area contributed by atoms with E-state index in [-0.39, 0.29) is 12.4 Å². The largest absolute Gasteiger partial charge is 0.486 e. The fourth-order valence-corrected chi connectivity index (χ4v) is 2.52.